The van der Waals surface area contributed by atoms with Gasteiger partial charge in [0.05, 0.1) is 0 Å². The third-order valence-corrected chi connectivity index (χ3v) is 3.05. The zero-order chi connectivity index (χ0) is 14.3. The Balaban J connectivity index is 0.000000200. The first-order valence-electron chi connectivity index (χ1n) is 5.45. The van der Waals surface area contributed by atoms with E-state index in [2.05, 4.69) is 24.0 Å². The molecule has 0 saturated heterocycles. The van der Waals surface area contributed by atoms with E-state index < -0.39 is 6.09 Å². The third kappa shape index (κ3) is 5.57. The number of anilines is 2. The quantitative estimate of drug-likeness (QED) is 0.789. The Kier molecular flexibility index (Phi) is 6.09. The number of nitrogens with zero attached hydrogens (tertiary/aromatic N) is 4. The minimum Gasteiger partial charge on any atom is -0.465 e. The molecule has 0 bridgehead atoms. The van der Waals surface area contributed by atoms with Crippen LogP contribution in [0.15, 0.2) is 0 Å². The summed E-state index contributed by atoms with van der Waals surface area (Å²) in [5, 5.41) is 11.3. The van der Waals surface area contributed by atoms with Crippen LogP contribution < -0.4 is 11.1 Å². The monoisotopic (exact) mass is 302 g/mol. The van der Waals surface area contributed by atoms with Crippen LogP contribution in [-0.4, -0.2) is 29.9 Å². The predicted molar refractivity (Wildman–Crippen MR) is 74.6 cm³/mol. The summed E-state index contributed by atoms with van der Waals surface area (Å²) in [6.07, 6.45) is 0.481. The Morgan fingerprint density at radius 2 is 1.79 bits per heavy atom. The molecular formula is C9H14N6O2S2. The van der Waals surface area contributed by atoms with Crippen molar-refractivity contribution in [1.82, 2.24) is 18.7 Å². The van der Waals surface area contributed by atoms with Crippen LogP contribution >= 0.6 is 23.1 Å². The summed E-state index contributed by atoms with van der Waals surface area (Å²) in [6.45, 7) is 3.91. The van der Waals surface area contributed by atoms with Crippen molar-refractivity contribution in [3.63, 3.8) is 0 Å². The Labute approximate surface area is 118 Å². The molecule has 104 valence electrons. The van der Waals surface area contributed by atoms with Crippen molar-refractivity contribution < 1.29 is 9.90 Å². The van der Waals surface area contributed by atoms with Crippen molar-refractivity contribution in [2.45, 2.75) is 26.7 Å². The van der Waals surface area contributed by atoms with Crippen molar-refractivity contribution in [2.75, 3.05) is 11.1 Å². The lowest BCUT2D eigenvalue weighted by Crippen LogP contribution is -2.06. The van der Waals surface area contributed by atoms with E-state index in [4.69, 9.17) is 10.8 Å². The van der Waals surface area contributed by atoms with Gasteiger partial charge >= 0.3 is 6.09 Å². The van der Waals surface area contributed by atoms with Crippen molar-refractivity contribution >= 4 is 39.4 Å². The molecule has 1 amide bonds. The maximum Gasteiger partial charge on any atom is 0.411 e. The molecule has 4 N–H and O–H groups in total. The predicted octanol–water partition coefficient (Wildman–Crippen LogP) is 1.87. The van der Waals surface area contributed by atoms with E-state index >= 15 is 0 Å². The number of carbonyl (C=O) groups is 1. The Morgan fingerprint density at radius 3 is 2.16 bits per heavy atom. The van der Waals surface area contributed by atoms with Crippen molar-refractivity contribution in [1.29, 1.82) is 0 Å². The minimum absolute atomic E-state index is 0.328. The van der Waals surface area contributed by atoms with Gasteiger partial charge in [-0.05, 0) is 0 Å². The molecule has 0 aromatic carbocycles. The molecule has 2 heterocycles. The molecule has 0 aliphatic rings. The number of nitrogens with one attached hydrogen (secondary N) is 1. The standard InChI is InChI=1S/C5H7N3O2S.C4H7N3S/c1-2-3-6-4(11-8-3)7-5(9)10;1-2-3-6-4(5)8-7-3/h2H2,1H3,(H,9,10)(H,6,7,8);2H2,1H3,(H2,5,6,7). The number of rotatable bonds is 3. The highest BCUT2D eigenvalue weighted by molar-refractivity contribution is 7.10. The second kappa shape index (κ2) is 7.59. The van der Waals surface area contributed by atoms with Crippen LogP contribution in [-0.2, 0) is 12.8 Å². The van der Waals surface area contributed by atoms with Crippen LogP contribution in [0.5, 0.6) is 0 Å². The molecular weight excluding hydrogens is 288 g/mol. The molecule has 19 heavy (non-hydrogen) atoms. The number of aromatic nitrogens is 4. The van der Waals surface area contributed by atoms with Crippen molar-refractivity contribution in [3.05, 3.63) is 11.6 Å². The number of hydrogen-bond acceptors (Lipinski definition) is 8. The van der Waals surface area contributed by atoms with Gasteiger partial charge in [-0.2, -0.15) is 8.75 Å². The summed E-state index contributed by atoms with van der Waals surface area (Å²) in [5.41, 5.74) is 5.30. The first kappa shape index (κ1) is 15.2. The number of amides is 1. The second-order valence-electron chi connectivity index (χ2n) is 3.20. The van der Waals surface area contributed by atoms with Crippen molar-refractivity contribution in [3.8, 4) is 0 Å². The second-order valence-corrected chi connectivity index (χ2v) is 4.74. The van der Waals surface area contributed by atoms with E-state index in [0.717, 1.165) is 30.2 Å². The maximum atomic E-state index is 10.1. The molecule has 0 fully saturated rings. The zero-order valence-electron chi connectivity index (χ0n) is 10.5. The fourth-order valence-electron chi connectivity index (χ4n) is 0.951. The van der Waals surface area contributed by atoms with Gasteiger partial charge < -0.3 is 10.8 Å². The number of hydrogen-bond donors (Lipinski definition) is 3. The Morgan fingerprint density at radius 1 is 1.21 bits per heavy atom. The summed E-state index contributed by atoms with van der Waals surface area (Å²) >= 11 is 2.30. The Bertz CT molecular complexity index is 526. The molecule has 2 aromatic heterocycles. The summed E-state index contributed by atoms with van der Waals surface area (Å²) in [5.74, 6) is 1.51. The molecule has 0 unspecified atom stereocenters. The van der Waals surface area contributed by atoms with E-state index in [-0.39, 0.29) is 0 Å². The smallest absolute Gasteiger partial charge is 0.411 e. The van der Waals surface area contributed by atoms with Crippen LogP contribution in [0.1, 0.15) is 25.5 Å². The molecule has 0 spiro atoms. The number of aryl methyl sites for hydroxylation is 2. The van der Waals surface area contributed by atoms with Gasteiger partial charge in [0, 0.05) is 35.9 Å². The highest BCUT2D eigenvalue weighted by atomic mass is 32.1. The third-order valence-electron chi connectivity index (χ3n) is 1.80. The maximum absolute atomic E-state index is 10.1. The Hall–Kier alpha value is -1.81. The largest absolute Gasteiger partial charge is 0.465 e. The van der Waals surface area contributed by atoms with Gasteiger partial charge in [0.2, 0.25) is 5.13 Å². The molecule has 0 aliphatic heterocycles. The summed E-state index contributed by atoms with van der Waals surface area (Å²) in [7, 11) is 0. The average Bonchev–Trinajstić information content (AvgIpc) is 2.98. The lowest BCUT2D eigenvalue weighted by Gasteiger charge is -1.89. The lowest BCUT2D eigenvalue weighted by molar-refractivity contribution is 0.209. The van der Waals surface area contributed by atoms with E-state index in [0.29, 0.717) is 16.1 Å². The molecule has 0 saturated carbocycles. The van der Waals surface area contributed by atoms with E-state index in [9.17, 15) is 4.79 Å². The van der Waals surface area contributed by atoms with Gasteiger partial charge in [0.25, 0.3) is 0 Å². The molecule has 0 radical (unpaired) electrons. The van der Waals surface area contributed by atoms with Crippen LogP contribution in [0.2, 0.25) is 0 Å². The van der Waals surface area contributed by atoms with Gasteiger partial charge in [0.15, 0.2) is 5.13 Å². The van der Waals surface area contributed by atoms with Gasteiger partial charge in [-0.3, -0.25) is 5.32 Å². The summed E-state index contributed by atoms with van der Waals surface area (Å²) in [4.78, 5) is 17.9. The number of nitrogens with two attached hydrogens (primary N) is 1. The topological polar surface area (TPSA) is 127 Å². The van der Waals surface area contributed by atoms with Crippen LogP contribution in [0.3, 0.4) is 0 Å². The first-order chi connectivity index (χ1) is 9.05. The van der Waals surface area contributed by atoms with Crippen LogP contribution in [0.4, 0.5) is 15.1 Å². The van der Waals surface area contributed by atoms with Gasteiger partial charge in [-0.15, -0.1) is 0 Å². The first-order valence-corrected chi connectivity index (χ1v) is 7.00. The summed E-state index contributed by atoms with van der Waals surface area (Å²) < 4.78 is 7.83. The molecule has 10 heteroatoms. The van der Waals surface area contributed by atoms with Gasteiger partial charge in [0.1, 0.15) is 11.6 Å². The number of nitrogen functional groups attached to an aromatic ring is 1. The van der Waals surface area contributed by atoms with Crippen molar-refractivity contribution in [2.24, 2.45) is 0 Å². The van der Waals surface area contributed by atoms with Gasteiger partial charge in [-0.1, -0.05) is 13.8 Å². The fourth-order valence-corrected chi connectivity index (χ4v) is 2.11. The molecule has 8 nitrogen and oxygen atoms in total. The van der Waals surface area contributed by atoms with Crippen LogP contribution in [0.25, 0.3) is 0 Å². The zero-order valence-corrected chi connectivity index (χ0v) is 12.1. The minimum atomic E-state index is -1.11. The number of carboxylic acid groups (broad SMARTS) is 1. The van der Waals surface area contributed by atoms with Crippen LogP contribution in [0, 0.1) is 0 Å². The molecule has 2 aromatic rings. The van der Waals surface area contributed by atoms with Gasteiger partial charge in [-0.25, -0.2) is 14.8 Å². The molecule has 0 aliphatic carbocycles. The normalized spacial score (nSPS) is 9.58. The molecule has 2 rings (SSSR count). The summed E-state index contributed by atoms with van der Waals surface area (Å²) in [6, 6.07) is 0. The average molecular weight is 302 g/mol. The highest BCUT2D eigenvalue weighted by Crippen LogP contribution is 2.10. The molecule has 0 atom stereocenters. The SMILES string of the molecule is CCc1nsc(N)n1.CCc1nsc(NC(=O)O)n1. The van der Waals surface area contributed by atoms with E-state index in [1.54, 1.807) is 0 Å². The highest BCUT2D eigenvalue weighted by Gasteiger charge is 2.03. The fraction of sp³-hybridized carbons (Fsp3) is 0.444. The van der Waals surface area contributed by atoms with E-state index in [1.165, 1.54) is 11.5 Å². The lowest BCUT2D eigenvalue weighted by atomic mass is 10.5. The van der Waals surface area contributed by atoms with E-state index in [1.807, 2.05) is 13.8 Å².